The molecule has 2 aromatic rings. The largest absolute Gasteiger partial charge is 0.508 e. The summed E-state index contributed by atoms with van der Waals surface area (Å²) in [5.74, 6) is -3.22. The first-order valence-corrected chi connectivity index (χ1v) is 14.8. The fourth-order valence-corrected chi connectivity index (χ4v) is 4.60. The van der Waals surface area contributed by atoms with Crippen LogP contribution in [0.3, 0.4) is 0 Å². The highest BCUT2D eigenvalue weighted by Crippen LogP contribution is 2.17. The second kappa shape index (κ2) is 17.6. The average Bonchev–Trinajstić information content (AvgIpc) is 3.46. The molecular formula is C27H40N8O6S. The van der Waals surface area contributed by atoms with E-state index in [1.165, 1.54) is 36.4 Å². The summed E-state index contributed by atoms with van der Waals surface area (Å²) in [7, 11) is 0. The van der Waals surface area contributed by atoms with Gasteiger partial charge >= 0.3 is 5.97 Å². The molecule has 0 fully saturated rings. The maximum atomic E-state index is 13.7. The molecule has 0 aliphatic heterocycles. The number of phenolic OH excluding ortho intramolecular Hbond substituents is 1. The Balaban J connectivity index is 2.23. The van der Waals surface area contributed by atoms with Crippen molar-refractivity contribution >= 4 is 41.3 Å². The van der Waals surface area contributed by atoms with Gasteiger partial charge in [0.25, 0.3) is 0 Å². The molecule has 0 aliphatic rings. The summed E-state index contributed by atoms with van der Waals surface area (Å²) in [6.45, 7) is 0.290. The van der Waals surface area contributed by atoms with Gasteiger partial charge in [0.15, 0.2) is 11.7 Å². The van der Waals surface area contributed by atoms with Crippen molar-refractivity contribution in [3.05, 3.63) is 48.0 Å². The predicted molar refractivity (Wildman–Crippen MR) is 160 cm³/mol. The molecule has 0 radical (unpaired) electrons. The molecule has 230 valence electrons. The maximum Gasteiger partial charge on any atom is 0.326 e. The number of aromatic amines is 1. The van der Waals surface area contributed by atoms with Gasteiger partial charge in [-0.3, -0.25) is 19.4 Å². The number of aliphatic carboxylic acids is 1. The van der Waals surface area contributed by atoms with Crippen LogP contribution in [0.4, 0.5) is 0 Å². The smallest absolute Gasteiger partial charge is 0.326 e. The Bertz CT molecular complexity index is 1190. The van der Waals surface area contributed by atoms with Crippen molar-refractivity contribution in [2.24, 2.45) is 28.1 Å². The number of rotatable bonds is 19. The van der Waals surface area contributed by atoms with Crippen LogP contribution in [0.25, 0.3) is 0 Å². The number of carboxylic acids is 1. The number of carbonyl (C=O) groups excluding carboxylic acids is 3. The number of nitrogens with two attached hydrogens (primary N) is 3. The van der Waals surface area contributed by atoms with Gasteiger partial charge in [0, 0.05) is 31.3 Å². The average molecular weight is 605 g/mol. The molecule has 2 rings (SSSR count). The van der Waals surface area contributed by atoms with Crippen LogP contribution in [0.1, 0.15) is 36.9 Å². The van der Waals surface area contributed by atoms with Crippen molar-refractivity contribution in [3.8, 4) is 5.75 Å². The number of aliphatic imine (C=N–C) groups is 1. The lowest BCUT2D eigenvalue weighted by Gasteiger charge is -2.24. The summed E-state index contributed by atoms with van der Waals surface area (Å²) < 4.78 is 0. The zero-order chi connectivity index (χ0) is 31.1. The van der Waals surface area contributed by atoms with Gasteiger partial charge in [-0.1, -0.05) is 12.1 Å². The molecule has 42 heavy (non-hydrogen) atoms. The molecule has 15 heteroatoms. The molecule has 11 N–H and O–H groups in total. The minimum atomic E-state index is -1.17. The number of H-pyrrole nitrogens is 1. The van der Waals surface area contributed by atoms with Gasteiger partial charge in [0.05, 0.1) is 24.3 Å². The highest BCUT2D eigenvalue weighted by Gasteiger charge is 2.31. The van der Waals surface area contributed by atoms with E-state index in [0.29, 0.717) is 23.4 Å². The van der Waals surface area contributed by atoms with Crippen LogP contribution in [-0.4, -0.2) is 86.4 Å². The maximum absolute atomic E-state index is 13.7. The molecule has 1 aromatic heterocycles. The van der Waals surface area contributed by atoms with E-state index in [1.54, 1.807) is 12.1 Å². The first-order valence-electron chi connectivity index (χ1n) is 13.4. The molecule has 0 aliphatic carbocycles. The van der Waals surface area contributed by atoms with Crippen LogP contribution in [0.2, 0.25) is 0 Å². The zero-order valence-corrected chi connectivity index (χ0v) is 24.3. The van der Waals surface area contributed by atoms with Crippen LogP contribution in [0, 0.1) is 5.92 Å². The van der Waals surface area contributed by atoms with E-state index >= 15 is 0 Å². The Morgan fingerprint density at radius 3 is 2.33 bits per heavy atom. The lowest BCUT2D eigenvalue weighted by molar-refractivity contribution is -0.142. The number of nitrogens with zero attached hydrogens (tertiary/aromatic N) is 2. The summed E-state index contributed by atoms with van der Waals surface area (Å²) in [4.78, 5) is 62.4. The number of amides is 2. The number of nitrogens with one attached hydrogen (secondary N) is 3. The van der Waals surface area contributed by atoms with Crippen LogP contribution in [-0.2, 0) is 32.0 Å². The van der Waals surface area contributed by atoms with Gasteiger partial charge in [-0.05, 0) is 55.4 Å². The molecule has 14 nitrogen and oxygen atoms in total. The van der Waals surface area contributed by atoms with E-state index in [2.05, 4.69) is 25.6 Å². The molecule has 4 unspecified atom stereocenters. The molecular weight excluding hydrogens is 564 g/mol. The van der Waals surface area contributed by atoms with E-state index in [-0.39, 0.29) is 50.4 Å². The third-order valence-electron chi connectivity index (χ3n) is 6.45. The summed E-state index contributed by atoms with van der Waals surface area (Å²) in [5, 5.41) is 24.5. The summed E-state index contributed by atoms with van der Waals surface area (Å²) in [6.07, 6.45) is 5.59. The van der Waals surface area contributed by atoms with Crippen molar-refractivity contribution in [2.45, 2.75) is 56.7 Å². The summed E-state index contributed by atoms with van der Waals surface area (Å²) >= 11 is 1.45. The molecule has 0 spiro atoms. The van der Waals surface area contributed by atoms with Gasteiger partial charge in [0.2, 0.25) is 11.8 Å². The number of guanidine groups is 1. The molecule has 4 atom stereocenters. The Labute approximate surface area is 248 Å². The number of imidazole rings is 1. The summed E-state index contributed by atoms with van der Waals surface area (Å²) in [5.41, 5.74) is 17.9. The molecule has 0 saturated carbocycles. The third-order valence-corrected chi connectivity index (χ3v) is 7.09. The van der Waals surface area contributed by atoms with Gasteiger partial charge < -0.3 is 43.0 Å². The topological polar surface area (TPSA) is 252 Å². The Kier molecular flexibility index (Phi) is 14.3. The number of carboxylic acid groups (broad SMARTS) is 1. The van der Waals surface area contributed by atoms with E-state index in [4.69, 9.17) is 17.2 Å². The number of hydrogen-bond acceptors (Lipinski definition) is 9. The number of aromatic hydroxyl groups is 1. The molecule has 0 bridgehead atoms. The minimum absolute atomic E-state index is 0.0409. The lowest BCUT2D eigenvalue weighted by Crippen LogP contribution is -2.50. The monoisotopic (exact) mass is 604 g/mol. The number of hydrogen-bond donors (Lipinski definition) is 8. The van der Waals surface area contributed by atoms with Crippen LogP contribution in [0.5, 0.6) is 5.75 Å². The SMILES string of the molecule is CSCCC(NC(=O)C(CC(=O)C(Cc1ccc(O)cc1)NC(=O)C(N)CCCN=C(N)N)Cc1cnc[nH]1)C(=O)O. The highest BCUT2D eigenvalue weighted by atomic mass is 32.2. The molecule has 1 aromatic carbocycles. The molecule has 0 saturated heterocycles. The van der Waals surface area contributed by atoms with E-state index in [1.807, 2.05) is 6.26 Å². The predicted octanol–water partition coefficient (Wildman–Crippen LogP) is -0.336. The van der Waals surface area contributed by atoms with Crippen molar-refractivity contribution in [3.63, 3.8) is 0 Å². The second-order valence-electron chi connectivity index (χ2n) is 9.82. The third kappa shape index (κ3) is 12.2. The van der Waals surface area contributed by atoms with E-state index < -0.39 is 47.6 Å². The number of phenols is 1. The fraction of sp³-hybridized carbons (Fsp3) is 0.481. The minimum Gasteiger partial charge on any atom is -0.508 e. The number of Topliss-reactive ketones (excluding diaryl/α,β-unsaturated/α-hetero) is 1. The molecule has 2 amide bonds. The van der Waals surface area contributed by atoms with Gasteiger partial charge in [-0.25, -0.2) is 9.78 Å². The van der Waals surface area contributed by atoms with Crippen molar-refractivity contribution in [2.75, 3.05) is 18.6 Å². The zero-order valence-electron chi connectivity index (χ0n) is 23.5. The van der Waals surface area contributed by atoms with Crippen molar-refractivity contribution in [1.82, 2.24) is 20.6 Å². The van der Waals surface area contributed by atoms with Crippen molar-refractivity contribution < 1.29 is 29.4 Å². The van der Waals surface area contributed by atoms with E-state index in [0.717, 1.165) is 0 Å². The van der Waals surface area contributed by atoms with Crippen LogP contribution < -0.4 is 27.8 Å². The van der Waals surface area contributed by atoms with Gasteiger partial charge in [-0.15, -0.1) is 0 Å². The van der Waals surface area contributed by atoms with Crippen LogP contribution in [0.15, 0.2) is 41.8 Å². The number of aromatic nitrogens is 2. The Morgan fingerprint density at radius 2 is 1.74 bits per heavy atom. The Hall–Kier alpha value is -4.11. The first-order chi connectivity index (χ1) is 20.0. The van der Waals surface area contributed by atoms with Gasteiger partial charge in [0.1, 0.15) is 11.8 Å². The van der Waals surface area contributed by atoms with Gasteiger partial charge in [-0.2, -0.15) is 11.8 Å². The number of ketones is 1. The number of thioether (sulfide) groups is 1. The van der Waals surface area contributed by atoms with E-state index in [9.17, 15) is 29.4 Å². The normalized spacial score (nSPS) is 13.8. The molecule has 1 heterocycles. The first kappa shape index (κ1) is 34.1. The lowest BCUT2D eigenvalue weighted by atomic mass is 9.90. The number of carbonyl (C=O) groups is 4. The second-order valence-corrected chi connectivity index (χ2v) is 10.8. The van der Waals surface area contributed by atoms with Crippen LogP contribution >= 0.6 is 11.8 Å². The fourth-order valence-electron chi connectivity index (χ4n) is 4.13. The quantitative estimate of drug-likeness (QED) is 0.0585. The standard InChI is InChI=1S/C27H40N8O6S/c1-42-10-8-21(26(40)41)34-24(38)17(12-18-14-31-15-33-18)13-23(37)22(11-16-4-6-19(36)7-5-16)35-25(39)20(28)3-2-9-32-27(29)30/h4-7,14-15,17,20-22,36H,2-3,8-13,28H2,1H3,(H,31,33)(H,34,38)(H,35,39)(H,40,41)(H4,29,30,32). The highest BCUT2D eigenvalue weighted by molar-refractivity contribution is 7.98. The number of benzene rings is 1. The summed E-state index contributed by atoms with van der Waals surface area (Å²) in [6, 6.07) is 3.06. The van der Waals surface area contributed by atoms with Crippen molar-refractivity contribution in [1.29, 1.82) is 0 Å². The Morgan fingerprint density at radius 1 is 1.05 bits per heavy atom.